The molecule has 2 heterocycles. The lowest BCUT2D eigenvalue weighted by Gasteiger charge is -2.36. The van der Waals surface area contributed by atoms with Crippen molar-refractivity contribution in [2.75, 3.05) is 51.3 Å². The lowest BCUT2D eigenvalue weighted by molar-refractivity contribution is -0.132. The Morgan fingerprint density at radius 3 is 2.39 bits per heavy atom. The van der Waals surface area contributed by atoms with E-state index in [1.807, 2.05) is 36.4 Å². The van der Waals surface area contributed by atoms with Crippen molar-refractivity contribution in [3.63, 3.8) is 0 Å². The first kappa shape index (κ1) is 27.0. The number of aromatic nitrogens is 2. The predicted molar refractivity (Wildman–Crippen MR) is 145 cm³/mol. The van der Waals surface area contributed by atoms with E-state index in [0.29, 0.717) is 38.3 Å². The van der Waals surface area contributed by atoms with E-state index in [4.69, 9.17) is 4.74 Å². The van der Waals surface area contributed by atoms with Crippen molar-refractivity contribution in [2.24, 2.45) is 5.92 Å². The SMILES string of the molecule is CC[C@@H](C)CN(CC(=O)N1CCN(c2ccc(-c3cccc(OC)c3)nn2)CC1)C(=O)c1ccc(F)cc1. The van der Waals surface area contributed by atoms with Gasteiger partial charge in [-0.25, -0.2) is 4.39 Å². The lowest BCUT2D eigenvalue weighted by atomic mass is 10.1. The summed E-state index contributed by atoms with van der Waals surface area (Å²) in [5.41, 5.74) is 2.06. The number of carbonyl (C=O) groups is 2. The van der Waals surface area contributed by atoms with Gasteiger partial charge < -0.3 is 19.4 Å². The summed E-state index contributed by atoms with van der Waals surface area (Å²) in [6, 6.07) is 17.0. The minimum absolute atomic E-state index is 0.00437. The second-order valence-electron chi connectivity index (χ2n) is 9.58. The van der Waals surface area contributed by atoms with Gasteiger partial charge in [-0.3, -0.25) is 9.59 Å². The van der Waals surface area contributed by atoms with Crippen molar-refractivity contribution in [1.82, 2.24) is 20.0 Å². The standard InChI is InChI=1S/C29H34FN5O3/c1-4-21(2)19-35(29(37)22-8-10-24(30)11-9-22)20-28(36)34-16-14-33(15-17-34)27-13-12-26(31-32-27)23-6-5-7-25(18-23)38-3/h5-13,18,21H,4,14-17,19-20H2,1-3H3/t21-/m1/s1. The van der Waals surface area contributed by atoms with Gasteiger partial charge in [0.1, 0.15) is 18.1 Å². The van der Waals surface area contributed by atoms with Crippen molar-refractivity contribution >= 4 is 17.6 Å². The highest BCUT2D eigenvalue weighted by molar-refractivity contribution is 5.96. The van der Waals surface area contributed by atoms with Gasteiger partial charge in [-0.1, -0.05) is 32.4 Å². The van der Waals surface area contributed by atoms with E-state index in [1.54, 1.807) is 16.9 Å². The van der Waals surface area contributed by atoms with Crippen LogP contribution in [-0.2, 0) is 4.79 Å². The molecule has 4 rings (SSSR count). The number of anilines is 1. The van der Waals surface area contributed by atoms with Gasteiger partial charge in [-0.15, -0.1) is 10.2 Å². The fourth-order valence-corrected chi connectivity index (χ4v) is 4.38. The Balaban J connectivity index is 1.36. The highest BCUT2D eigenvalue weighted by Crippen LogP contribution is 2.23. The zero-order chi connectivity index (χ0) is 27.1. The largest absolute Gasteiger partial charge is 0.497 e. The van der Waals surface area contributed by atoms with Crippen LogP contribution >= 0.6 is 0 Å². The molecule has 38 heavy (non-hydrogen) atoms. The number of benzene rings is 2. The maximum Gasteiger partial charge on any atom is 0.254 e. The Kier molecular flexibility index (Phi) is 8.89. The Bertz CT molecular complexity index is 1230. The molecule has 1 saturated heterocycles. The molecule has 1 fully saturated rings. The number of hydrogen-bond donors (Lipinski definition) is 0. The van der Waals surface area contributed by atoms with Crippen LogP contribution in [0.2, 0.25) is 0 Å². The predicted octanol–water partition coefficient (Wildman–Crippen LogP) is 4.13. The van der Waals surface area contributed by atoms with Crippen LogP contribution in [0.3, 0.4) is 0 Å². The van der Waals surface area contributed by atoms with Crippen molar-refractivity contribution in [2.45, 2.75) is 20.3 Å². The second kappa shape index (κ2) is 12.5. The zero-order valence-corrected chi connectivity index (χ0v) is 22.1. The molecule has 0 N–H and O–H groups in total. The zero-order valence-electron chi connectivity index (χ0n) is 22.1. The molecule has 3 aromatic rings. The number of rotatable bonds is 9. The summed E-state index contributed by atoms with van der Waals surface area (Å²) in [5, 5.41) is 8.80. The molecule has 0 saturated carbocycles. The van der Waals surface area contributed by atoms with Crippen LogP contribution in [-0.4, -0.2) is 78.2 Å². The minimum atomic E-state index is -0.399. The number of methoxy groups -OCH3 is 1. The van der Waals surface area contributed by atoms with Gasteiger partial charge in [0.15, 0.2) is 5.82 Å². The van der Waals surface area contributed by atoms with E-state index in [9.17, 15) is 14.0 Å². The Labute approximate surface area is 223 Å². The molecule has 0 bridgehead atoms. The molecule has 1 aliphatic heterocycles. The summed E-state index contributed by atoms with van der Waals surface area (Å²) >= 11 is 0. The number of amides is 2. The van der Waals surface area contributed by atoms with Gasteiger partial charge >= 0.3 is 0 Å². The van der Waals surface area contributed by atoms with E-state index in [1.165, 1.54) is 24.3 Å². The van der Waals surface area contributed by atoms with E-state index in [0.717, 1.165) is 29.2 Å². The van der Waals surface area contributed by atoms with E-state index < -0.39 is 5.82 Å². The van der Waals surface area contributed by atoms with Crippen LogP contribution in [0.1, 0.15) is 30.6 Å². The monoisotopic (exact) mass is 519 g/mol. The summed E-state index contributed by atoms with van der Waals surface area (Å²) in [6.45, 7) is 6.86. The maximum absolute atomic E-state index is 13.3. The molecule has 1 aromatic heterocycles. The smallest absolute Gasteiger partial charge is 0.254 e. The number of carbonyl (C=O) groups excluding carboxylic acids is 2. The summed E-state index contributed by atoms with van der Waals surface area (Å²) < 4.78 is 18.6. The summed E-state index contributed by atoms with van der Waals surface area (Å²) in [6.07, 6.45) is 0.887. The highest BCUT2D eigenvalue weighted by Gasteiger charge is 2.26. The third kappa shape index (κ3) is 6.65. The van der Waals surface area contributed by atoms with Crippen molar-refractivity contribution in [1.29, 1.82) is 0 Å². The average Bonchev–Trinajstić information content (AvgIpc) is 2.97. The summed E-state index contributed by atoms with van der Waals surface area (Å²) in [5.74, 6) is 1.00. The fraction of sp³-hybridized carbons (Fsp3) is 0.379. The quantitative estimate of drug-likeness (QED) is 0.423. The van der Waals surface area contributed by atoms with Crippen molar-refractivity contribution in [3.8, 4) is 17.0 Å². The van der Waals surface area contributed by atoms with Crippen LogP contribution in [0.15, 0.2) is 60.7 Å². The highest BCUT2D eigenvalue weighted by atomic mass is 19.1. The molecule has 200 valence electrons. The van der Waals surface area contributed by atoms with Crippen LogP contribution in [0.5, 0.6) is 5.75 Å². The molecule has 8 nitrogen and oxygen atoms in total. The third-order valence-corrected chi connectivity index (χ3v) is 6.91. The maximum atomic E-state index is 13.3. The molecule has 0 spiro atoms. The molecule has 2 aromatic carbocycles. The first-order valence-electron chi connectivity index (χ1n) is 12.9. The fourth-order valence-electron chi connectivity index (χ4n) is 4.38. The van der Waals surface area contributed by atoms with Gasteiger partial charge in [0, 0.05) is 43.9 Å². The second-order valence-corrected chi connectivity index (χ2v) is 9.58. The molecular formula is C29H34FN5O3. The molecule has 2 amide bonds. The molecule has 1 aliphatic rings. The number of hydrogen-bond acceptors (Lipinski definition) is 6. The number of nitrogens with zero attached hydrogens (tertiary/aromatic N) is 5. The molecule has 0 unspecified atom stereocenters. The molecular weight excluding hydrogens is 485 g/mol. The summed E-state index contributed by atoms with van der Waals surface area (Å²) in [7, 11) is 1.63. The van der Waals surface area contributed by atoms with Gasteiger partial charge in [-0.2, -0.15) is 0 Å². The van der Waals surface area contributed by atoms with Gasteiger partial charge in [0.2, 0.25) is 5.91 Å². The van der Waals surface area contributed by atoms with Crippen LogP contribution < -0.4 is 9.64 Å². The normalized spacial score (nSPS) is 14.2. The van der Waals surface area contributed by atoms with E-state index in [-0.39, 0.29) is 24.3 Å². The topological polar surface area (TPSA) is 78.9 Å². The van der Waals surface area contributed by atoms with Crippen LogP contribution in [0.4, 0.5) is 10.2 Å². The van der Waals surface area contributed by atoms with Crippen molar-refractivity contribution in [3.05, 3.63) is 72.0 Å². The molecule has 0 radical (unpaired) electrons. The van der Waals surface area contributed by atoms with Crippen LogP contribution in [0.25, 0.3) is 11.3 Å². The van der Waals surface area contributed by atoms with E-state index in [2.05, 4.69) is 28.9 Å². The number of piperazine rings is 1. The number of halogens is 1. The summed E-state index contributed by atoms with van der Waals surface area (Å²) in [4.78, 5) is 31.8. The molecule has 1 atom stereocenters. The minimum Gasteiger partial charge on any atom is -0.497 e. The third-order valence-electron chi connectivity index (χ3n) is 6.91. The van der Waals surface area contributed by atoms with Gasteiger partial charge in [-0.05, 0) is 54.4 Å². The first-order valence-corrected chi connectivity index (χ1v) is 12.9. The van der Waals surface area contributed by atoms with Crippen LogP contribution in [0, 0.1) is 11.7 Å². The number of ether oxygens (including phenoxy) is 1. The molecule has 9 heteroatoms. The van der Waals surface area contributed by atoms with E-state index >= 15 is 0 Å². The first-order chi connectivity index (χ1) is 18.4. The van der Waals surface area contributed by atoms with Gasteiger partial charge in [0.25, 0.3) is 5.91 Å². The Hall–Kier alpha value is -4.01. The molecule has 0 aliphatic carbocycles. The Morgan fingerprint density at radius 2 is 1.76 bits per heavy atom. The van der Waals surface area contributed by atoms with Gasteiger partial charge in [0.05, 0.1) is 12.8 Å². The lowest BCUT2D eigenvalue weighted by Crippen LogP contribution is -2.52. The van der Waals surface area contributed by atoms with Crippen molar-refractivity contribution < 1.29 is 18.7 Å². The Morgan fingerprint density at radius 1 is 1.03 bits per heavy atom. The average molecular weight is 520 g/mol.